The smallest absolute Gasteiger partial charge is 0.123 e. The fourth-order valence-electron chi connectivity index (χ4n) is 1.55. The molecule has 3 nitrogen and oxygen atoms in total. The quantitative estimate of drug-likeness (QED) is 0.801. The van der Waals surface area contributed by atoms with Crippen molar-refractivity contribution in [1.82, 2.24) is 0 Å². The van der Waals surface area contributed by atoms with Crippen LogP contribution < -0.4 is 4.90 Å². The van der Waals surface area contributed by atoms with Crippen molar-refractivity contribution in [3.63, 3.8) is 0 Å². The zero-order valence-corrected chi connectivity index (χ0v) is 9.65. The molecule has 1 aromatic carbocycles. The van der Waals surface area contributed by atoms with E-state index in [0.29, 0.717) is 18.5 Å². The highest BCUT2D eigenvalue weighted by Crippen LogP contribution is 2.21. The lowest BCUT2D eigenvalue weighted by Crippen LogP contribution is -2.23. The number of rotatable bonds is 5. The van der Waals surface area contributed by atoms with Crippen molar-refractivity contribution < 1.29 is 14.6 Å². The normalized spacial score (nSPS) is 12.6. The van der Waals surface area contributed by atoms with Crippen LogP contribution >= 0.6 is 0 Å². The highest BCUT2D eigenvalue weighted by molar-refractivity contribution is 5.52. The second kappa shape index (κ2) is 5.82. The molecule has 1 rings (SSSR count). The number of aliphatic hydroxyl groups excluding tert-OH is 2. The van der Waals surface area contributed by atoms with Gasteiger partial charge in [0, 0.05) is 24.8 Å². The minimum absolute atomic E-state index is 0.188. The predicted molar refractivity (Wildman–Crippen MR) is 61.9 cm³/mol. The Balaban J connectivity index is 2.77. The molecular weight excluding hydrogens is 209 g/mol. The lowest BCUT2D eigenvalue weighted by atomic mass is 10.1. The summed E-state index contributed by atoms with van der Waals surface area (Å²) in [4.78, 5) is 1.90. The molecule has 0 aliphatic carbocycles. The second-order valence-electron chi connectivity index (χ2n) is 3.99. The largest absolute Gasteiger partial charge is 0.393 e. The highest BCUT2D eigenvalue weighted by Gasteiger charge is 2.08. The van der Waals surface area contributed by atoms with Crippen molar-refractivity contribution in [1.29, 1.82) is 0 Å². The van der Waals surface area contributed by atoms with E-state index in [1.165, 1.54) is 12.1 Å². The fourth-order valence-corrected chi connectivity index (χ4v) is 1.55. The van der Waals surface area contributed by atoms with Crippen LogP contribution in [0.25, 0.3) is 0 Å². The molecule has 0 saturated carbocycles. The van der Waals surface area contributed by atoms with E-state index in [0.717, 1.165) is 5.69 Å². The van der Waals surface area contributed by atoms with Gasteiger partial charge < -0.3 is 15.1 Å². The van der Waals surface area contributed by atoms with Gasteiger partial charge in [0.15, 0.2) is 0 Å². The number of anilines is 1. The molecule has 0 heterocycles. The van der Waals surface area contributed by atoms with Gasteiger partial charge in [0.05, 0.1) is 12.7 Å². The molecule has 90 valence electrons. The van der Waals surface area contributed by atoms with Crippen molar-refractivity contribution >= 4 is 5.69 Å². The Morgan fingerprint density at radius 3 is 2.69 bits per heavy atom. The van der Waals surface area contributed by atoms with Crippen LogP contribution in [-0.4, -0.2) is 29.9 Å². The maximum Gasteiger partial charge on any atom is 0.123 e. The summed E-state index contributed by atoms with van der Waals surface area (Å²) < 4.78 is 12.9. The first-order valence-electron chi connectivity index (χ1n) is 5.33. The first-order chi connectivity index (χ1) is 7.54. The molecule has 1 aromatic rings. The van der Waals surface area contributed by atoms with E-state index in [9.17, 15) is 9.50 Å². The number of hydrogen-bond donors (Lipinski definition) is 2. The summed E-state index contributed by atoms with van der Waals surface area (Å²) >= 11 is 0. The molecule has 0 aliphatic heterocycles. The van der Waals surface area contributed by atoms with E-state index in [4.69, 9.17) is 5.11 Å². The number of nitrogens with zero attached hydrogens (tertiary/aromatic N) is 1. The van der Waals surface area contributed by atoms with Crippen molar-refractivity contribution in [2.75, 3.05) is 18.5 Å². The first kappa shape index (κ1) is 12.9. The van der Waals surface area contributed by atoms with Crippen molar-refractivity contribution in [3.05, 3.63) is 29.6 Å². The predicted octanol–water partition coefficient (Wildman–Crippen LogP) is 1.53. The molecule has 0 fully saturated rings. The summed E-state index contributed by atoms with van der Waals surface area (Å²) in [6, 6.07) is 4.34. The van der Waals surface area contributed by atoms with Crippen LogP contribution in [0.2, 0.25) is 0 Å². The van der Waals surface area contributed by atoms with E-state index in [1.54, 1.807) is 13.0 Å². The summed E-state index contributed by atoms with van der Waals surface area (Å²) in [5.74, 6) is -0.350. The Morgan fingerprint density at radius 1 is 1.44 bits per heavy atom. The van der Waals surface area contributed by atoms with Gasteiger partial charge >= 0.3 is 0 Å². The molecular formula is C12H18FNO2. The van der Waals surface area contributed by atoms with Crippen LogP contribution in [0.3, 0.4) is 0 Å². The third-order valence-corrected chi connectivity index (χ3v) is 2.51. The zero-order valence-electron chi connectivity index (χ0n) is 9.65. The van der Waals surface area contributed by atoms with Crippen molar-refractivity contribution in [2.45, 2.75) is 26.1 Å². The Kier molecular flexibility index (Phi) is 4.71. The van der Waals surface area contributed by atoms with Gasteiger partial charge in [-0.05, 0) is 31.5 Å². The highest BCUT2D eigenvalue weighted by atomic mass is 19.1. The molecule has 0 aliphatic rings. The van der Waals surface area contributed by atoms with Gasteiger partial charge in [0.1, 0.15) is 5.82 Å². The third-order valence-electron chi connectivity index (χ3n) is 2.51. The molecule has 0 bridgehead atoms. The second-order valence-corrected chi connectivity index (χ2v) is 3.99. The number of aliphatic hydroxyl groups is 2. The number of halogens is 1. The summed E-state index contributed by atoms with van der Waals surface area (Å²) in [5, 5.41) is 18.3. The average Bonchev–Trinajstić information content (AvgIpc) is 2.25. The average molecular weight is 227 g/mol. The molecule has 0 radical (unpaired) electrons. The number of hydrogen-bond acceptors (Lipinski definition) is 3. The molecule has 2 N–H and O–H groups in total. The monoisotopic (exact) mass is 227 g/mol. The molecule has 0 saturated heterocycles. The van der Waals surface area contributed by atoms with Crippen LogP contribution in [-0.2, 0) is 6.61 Å². The van der Waals surface area contributed by atoms with E-state index >= 15 is 0 Å². The molecule has 1 atom stereocenters. The minimum Gasteiger partial charge on any atom is -0.393 e. The van der Waals surface area contributed by atoms with E-state index in [1.807, 2.05) is 11.9 Å². The van der Waals surface area contributed by atoms with E-state index in [-0.39, 0.29) is 18.5 Å². The third kappa shape index (κ3) is 3.47. The SMILES string of the molecule is CC(O)CCN(C)c1ccc(F)cc1CO. The van der Waals surface area contributed by atoms with Crippen LogP contribution in [0.15, 0.2) is 18.2 Å². The van der Waals surface area contributed by atoms with Crippen LogP contribution in [0.1, 0.15) is 18.9 Å². The topological polar surface area (TPSA) is 43.7 Å². The Hall–Kier alpha value is -1.13. The molecule has 0 amide bonds. The molecule has 0 aromatic heterocycles. The summed E-state index contributed by atoms with van der Waals surface area (Å²) in [7, 11) is 1.86. The van der Waals surface area contributed by atoms with Gasteiger partial charge in [0.25, 0.3) is 0 Å². The van der Waals surface area contributed by atoms with Gasteiger partial charge in [-0.25, -0.2) is 4.39 Å². The zero-order chi connectivity index (χ0) is 12.1. The summed E-state index contributed by atoms with van der Waals surface area (Å²) in [5.41, 5.74) is 1.36. The Morgan fingerprint density at radius 2 is 2.12 bits per heavy atom. The van der Waals surface area contributed by atoms with Gasteiger partial charge in [-0.3, -0.25) is 0 Å². The lowest BCUT2D eigenvalue weighted by molar-refractivity contribution is 0.187. The van der Waals surface area contributed by atoms with Gasteiger partial charge in [-0.15, -0.1) is 0 Å². The fraction of sp³-hybridized carbons (Fsp3) is 0.500. The van der Waals surface area contributed by atoms with Crippen molar-refractivity contribution in [3.8, 4) is 0 Å². The maximum atomic E-state index is 12.9. The van der Waals surface area contributed by atoms with Crippen molar-refractivity contribution in [2.24, 2.45) is 0 Å². The maximum absolute atomic E-state index is 12.9. The molecule has 0 spiro atoms. The lowest BCUT2D eigenvalue weighted by Gasteiger charge is -2.22. The summed E-state index contributed by atoms with van der Waals surface area (Å²) in [6.07, 6.45) is 0.277. The van der Waals surface area contributed by atoms with Gasteiger partial charge in [-0.2, -0.15) is 0 Å². The summed E-state index contributed by atoms with van der Waals surface area (Å²) in [6.45, 7) is 2.20. The Bertz CT molecular complexity index is 342. The Labute approximate surface area is 95.1 Å². The van der Waals surface area contributed by atoms with Crippen LogP contribution in [0.5, 0.6) is 0 Å². The van der Waals surface area contributed by atoms with Crippen LogP contribution in [0.4, 0.5) is 10.1 Å². The van der Waals surface area contributed by atoms with E-state index in [2.05, 4.69) is 0 Å². The standard InChI is InChI=1S/C12H18FNO2/c1-9(16)5-6-14(2)12-4-3-11(13)7-10(12)8-15/h3-4,7,9,15-16H,5-6,8H2,1-2H3. The van der Waals surface area contributed by atoms with Gasteiger partial charge in [-0.1, -0.05) is 0 Å². The van der Waals surface area contributed by atoms with E-state index < -0.39 is 0 Å². The molecule has 16 heavy (non-hydrogen) atoms. The van der Waals surface area contributed by atoms with Gasteiger partial charge in [0.2, 0.25) is 0 Å². The first-order valence-corrected chi connectivity index (χ1v) is 5.33. The number of benzene rings is 1. The van der Waals surface area contributed by atoms with Crippen LogP contribution in [0, 0.1) is 5.82 Å². The molecule has 4 heteroatoms. The molecule has 1 unspecified atom stereocenters. The minimum atomic E-state index is -0.361.